The monoisotopic (exact) mass is 221 g/mol. The molecule has 0 amide bonds. The quantitative estimate of drug-likeness (QED) is 0.757. The first kappa shape index (κ1) is 15.0. The number of halogens is 4. The number of aliphatic carboxylic acids is 1. The van der Waals surface area contributed by atoms with Crippen LogP contribution in [0.3, 0.4) is 0 Å². The van der Waals surface area contributed by atoms with E-state index in [0.717, 1.165) is 6.92 Å². The van der Waals surface area contributed by atoms with Gasteiger partial charge in [-0.1, -0.05) is 6.92 Å². The van der Waals surface area contributed by atoms with Crippen molar-refractivity contribution in [3.8, 4) is 0 Å². The topological polar surface area (TPSA) is 63.3 Å². The Kier molecular flexibility index (Phi) is 6.10. The van der Waals surface area contributed by atoms with Gasteiger partial charge in [-0.2, -0.15) is 13.2 Å². The van der Waals surface area contributed by atoms with E-state index in [0.29, 0.717) is 0 Å². The predicted octanol–water partition coefficient (Wildman–Crippen LogP) is 1.41. The second-order valence-electron chi connectivity index (χ2n) is 2.66. The zero-order chi connectivity index (χ0) is 9.94. The Bertz CT molecular complexity index is 174. The fourth-order valence-corrected chi connectivity index (χ4v) is 0.735. The molecule has 0 aliphatic heterocycles. The molecule has 0 aromatic carbocycles. The summed E-state index contributed by atoms with van der Waals surface area (Å²) in [5.41, 5.74) is 4.97. The first-order valence-electron chi connectivity index (χ1n) is 3.29. The van der Waals surface area contributed by atoms with Crippen molar-refractivity contribution in [2.45, 2.75) is 25.6 Å². The molecule has 0 rings (SSSR count). The SMILES string of the molecule is CC(CC(F)(F)F)[C@H](N)C(=O)O.Cl. The minimum atomic E-state index is -4.35. The highest BCUT2D eigenvalue weighted by Gasteiger charge is 2.34. The average Bonchev–Trinajstić information content (AvgIpc) is 1.82. The molecule has 0 saturated heterocycles. The summed E-state index contributed by atoms with van der Waals surface area (Å²) in [6.07, 6.45) is -5.52. The van der Waals surface area contributed by atoms with E-state index in [9.17, 15) is 18.0 Å². The van der Waals surface area contributed by atoms with Crippen LogP contribution in [0.25, 0.3) is 0 Å². The summed E-state index contributed by atoms with van der Waals surface area (Å²) in [7, 11) is 0. The normalized spacial score (nSPS) is 15.8. The smallest absolute Gasteiger partial charge is 0.389 e. The summed E-state index contributed by atoms with van der Waals surface area (Å²) in [5.74, 6) is -2.51. The highest BCUT2D eigenvalue weighted by molar-refractivity contribution is 5.85. The Morgan fingerprint density at radius 2 is 1.92 bits per heavy atom. The number of hydrogen-bond acceptors (Lipinski definition) is 2. The Morgan fingerprint density at radius 3 is 2.15 bits per heavy atom. The molecule has 3 N–H and O–H groups in total. The molecular weight excluding hydrogens is 211 g/mol. The van der Waals surface area contributed by atoms with Gasteiger partial charge in [0.2, 0.25) is 0 Å². The Morgan fingerprint density at radius 1 is 1.54 bits per heavy atom. The lowest BCUT2D eigenvalue weighted by atomic mass is 9.99. The molecule has 0 spiro atoms. The lowest BCUT2D eigenvalue weighted by Gasteiger charge is -2.17. The molecule has 0 aromatic rings. The van der Waals surface area contributed by atoms with E-state index in [1.54, 1.807) is 0 Å². The van der Waals surface area contributed by atoms with Gasteiger partial charge in [0.1, 0.15) is 6.04 Å². The standard InChI is InChI=1S/C6H10F3NO2.ClH/c1-3(2-6(7,8)9)4(10)5(11)12;/h3-4H,2,10H2,1H3,(H,11,12);1H/t3?,4-;/m0./s1. The summed E-state index contributed by atoms with van der Waals surface area (Å²) in [6, 6.07) is -1.45. The molecule has 0 radical (unpaired) electrons. The van der Waals surface area contributed by atoms with Crippen LogP contribution in [-0.2, 0) is 4.79 Å². The third-order valence-electron chi connectivity index (χ3n) is 1.45. The summed E-state index contributed by atoms with van der Waals surface area (Å²) >= 11 is 0. The Hall–Kier alpha value is -0.490. The van der Waals surface area contributed by atoms with Gasteiger partial charge in [-0.05, 0) is 5.92 Å². The maximum absolute atomic E-state index is 11.7. The number of carbonyl (C=O) groups is 1. The van der Waals surface area contributed by atoms with E-state index < -0.39 is 30.5 Å². The van der Waals surface area contributed by atoms with E-state index >= 15 is 0 Å². The number of alkyl halides is 3. The van der Waals surface area contributed by atoms with Crippen molar-refractivity contribution in [3.05, 3.63) is 0 Å². The fraction of sp³-hybridized carbons (Fsp3) is 0.833. The van der Waals surface area contributed by atoms with Crippen LogP contribution in [0, 0.1) is 5.92 Å². The summed E-state index contributed by atoms with van der Waals surface area (Å²) in [4.78, 5) is 10.1. The second-order valence-corrected chi connectivity index (χ2v) is 2.66. The van der Waals surface area contributed by atoms with Crippen molar-refractivity contribution in [1.82, 2.24) is 0 Å². The first-order chi connectivity index (χ1) is 5.24. The minimum absolute atomic E-state index is 0. The molecular formula is C6H11ClF3NO2. The van der Waals surface area contributed by atoms with E-state index in [4.69, 9.17) is 10.8 Å². The third-order valence-corrected chi connectivity index (χ3v) is 1.45. The molecule has 0 heterocycles. The number of carboxylic acids is 1. The zero-order valence-electron chi connectivity index (χ0n) is 6.84. The van der Waals surface area contributed by atoms with Crippen LogP contribution in [0.2, 0.25) is 0 Å². The Labute approximate surface area is 79.5 Å². The minimum Gasteiger partial charge on any atom is -0.480 e. The molecule has 0 saturated carbocycles. The molecule has 7 heteroatoms. The fourth-order valence-electron chi connectivity index (χ4n) is 0.735. The summed E-state index contributed by atoms with van der Waals surface area (Å²) < 4.78 is 35.0. The number of hydrogen-bond donors (Lipinski definition) is 2. The third kappa shape index (κ3) is 6.65. The van der Waals surface area contributed by atoms with Gasteiger partial charge in [0.05, 0.1) is 0 Å². The van der Waals surface area contributed by atoms with E-state index in [2.05, 4.69) is 0 Å². The van der Waals surface area contributed by atoms with E-state index in [-0.39, 0.29) is 12.4 Å². The molecule has 0 aliphatic rings. The van der Waals surface area contributed by atoms with Gasteiger partial charge < -0.3 is 10.8 Å². The van der Waals surface area contributed by atoms with Gasteiger partial charge in [0, 0.05) is 6.42 Å². The molecule has 0 aromatic heterocycles. The molecule has 3 nitrogen and oxygen atoms in total. The van der Waals surface area contributed by atoms with Crippen molar-refractivity contribution in [2.24, 2.45) is 11.7 Å². The molecule has 0 fully saturated rings. The molecule has 0 aliphatic carbocycles. The first-order valence-corrected chi connectivity index (χ1v) is 3.29. The van der Waals surface area contributed by atoms with Gasteiger partial charge in [-0.15, -0.1) is 12.4 Å². The van der Waals surface area contributed by atoms with Gasteiger partial charge >= 0.3 is 12.1 Å². The van der Waals surface area contributed by atoms with Crippen LogP contribution in [0.1, 0.15) is 13.3 Å². The van der Waals surface area contributed by atoms with Crippen molar-refractivity contribution < 1.29 is 23.1 Å². The van der Waals surface area contributed by atoms with Crippen molar-refractivity contribution in [3.63, 3.8) is 0 Å². The molecule has 80 valence electrons. The van der Waals surface area contributed by atoms with Crippen LogP contribution < -0.4 is 5.73 Å². The zero-order valence-corrected chi connectivity index (χ0v) is 7.65. The van der Waals surface area contributed by atoms with Gasteiger partial charge in [0.25, 0.3) is 0 Å². The van der Waals surface area contributed by atoms with Gasteiger partial charge in [-0.3, -0.25) is 4.79 Å². The van der Waals surface area contributed by atoms with Crippen LogP contribution >= 0.6 is 12.4 Å². The van der Waals surface area contributed by atoms with Gasteiger partial charge in [0.15, 0.2) is 0 Å². The molecule has 1 unspecified atom stereocenters. The average molecular weight is 222 g/mol. The number of rotatable bonds is 3. The van der Waals surface area contributed by atoms with Crippen LogP contribution in [0.15, 0.2) is 0 Å². The number of nitrogens with two attached hydrogens (primary N) is 1. The van der Waals surface area contributed by atoms with Crippen molar-refractivity contribution in [1.29, 1.82) is 0 Å². The highest BCUT2D eigenvalue weighted by atomic mass is 35.5. The lowest BCUT2D eigenvalue weighted by molar-refractivity contribution is -0.151. The van der Waals surface area contributed by atoms with Crippen LogP contribution in [-0.4, -0.2) is 23.3 Å². The van der Waals surface area contributed by atoms with Gasteiger partial charge in [-0.25, -0.2) is 0 Å². The summed E-state index contributed by atoms with van der Waals surface area (Å²) in [5, 5.41) is 8.26. The predicted molar refractivity (Wildman–Crippen MR) is 42.7 cm³/mol. The highest BCUT2D eigenvalue weighted by Crippen LogP contribution is 2.25. The van der Waals surface area contributed by atoms with Crippen molar-refractivity contribution >= 4 is 18.4 Å². The van der Waals surface area contributed by atoms with Crippen LogP contribution in [0.4, 0.5) is 13.2 Å². The maximum Gasteiger partial charge on any atom is 0.389 e. The maximum atomic E-state index is 11.7. The lowest BCUT2D eigenvalue weighted by Crippen LogP contribution is -2.38. The number of carboxylic acid groups (broad SMARTS) is 1. The van der Waals surface area contributed by atoms with Crippen LogP contribution in [0.5, 0.6) is 0 Å². The largest absolute Gasteiger partial charge is 0.480 e. The van der Waals surface area contributed by atoms with Crippen molar-refractivity contribution in [2.75, 3.05) is 0 Å². The molecule has 0 bridgehead atoms. The molecule has 13 heavy (non-hydrogen) atoms. The molecule has 2 atom stereocenters. The second kappa shape index (κ2) is 5.29. The van der Waals surface area contributed by atoms with E-state index in [1.165, 1.54) is 0 Å². The van der Waals surface area contributed by atoms with E-state index in [1.807, 2.05) is 0 Å². The summed E-state index contributed by atoms with van der Waals surface area (Å²) in [6.45, 7) is 1.16. The Balaban J connectivity index is 0.